The fraction of sp³-hybridized carbons (Fsp3) is 0.167. The van der Waals surface area contributed by atoms with Crippen molar-refractivity contribution in [3.8, 4) is 11.6 Å². The summed E-state index contributed by atoms with van der Waals surface area (Å²) in [4.78, 5) is 28.8. The third kappa shape index (κ3) is 3.76. The Morgan fingerprint density at radius 1 is 1.29 bits per heavy atom. The minimum Gasteiger partial charge on any atom is -0.494 e. The molecule has 0 bridgehead atoms. The van der Waals surface area contributed by atoms with Gasteiger partial charge < -0.3 is 10.1 Å². The molecule has 0 saturated heterocycles. The first-order valence-electron chi connectivity index (χ1n) is 8.54. The SMILES string of the molecule is CCOc1ccc2nc(NC(=O)Cn3nc(-n4cccn4)ccc3=O)sc2c1. The second kappa shape index (κ2) is 7.61. The van der Waals surface area contributed by atoms with Gasteiger partial charge in [-0.05, 0) is 37.3 Å². The number of ether oxygens (including phenoxy) is 1. The Balaban J connectivity index is 1.51. The third-order valence-electron chi connectivity index (χ3n) is 3.80. The topological polar surface area (TPSA) is 104 Å². The van der Waals surface area contributed by atoms with Crippen molar-refractivity contribution in [3.63, 3.8) is 0 Å². The molecule has 0 spiro atoms. The molecule has 0 fully saturated rings. The van der Waals surface area contributed by atoms with Crippen molar-refractivity contribution in [2.45, 2.75) is 13.5 Å². The van der Waals surface area contributed by atoms with E-state index in [0.717, 1.165) is 20.6 Å². The van der Waals surface area contributed by atoms with Gasteiger partial charge in [-0.15, -0.1) is 5.10 Å². The highest BCUT2D eigenvalue weighted by Crippen LogP contribution is 2.29. The molecule has 0 unspecified atom stereocenters. The van der Waals surface area contributed by atoms with Gasteiger partial charge in [0.25, 0.3) is 5.56 Å². The number of thiazole rings is 1. The predicted octanol–water partition coefficient (Wildman–Crippen LogP) is 2.08. The Morgan fingerprint density at radius 2 is 2.18 bits per heavy atom. The Labute approximate surface area is 163 Å². The lowest BCUT2D eigenvalue weighted by molar-refractivity contribution is -0.117. The maximum atomic E-state index is 12.4. The lowest BCUT2D eigenvalue weighted by Crippen LogP contribution is -2.30. The first-order valence-corrected chi connectivity index (χ1v) is 9.35. The zero-order valence-electron chi connectivity index (χ0n) is 14.9. The molecular weight excluding hydrogens is 380 g/mol. The molecule has 3 aromatic heterocycles. The highest BCUT2D eigenvalue weighted by atomic mass is 32.1. The quantitative estimate of drug-likeness (QED) is 0.535. The lowest BCUT2D eigenvalue weighted by atomic mass is 10.3. The number of anilines is 1. The van der Waals surface area contributed by atoms with Gasteiger partial charge in [0, 0.05) is 18.5 Å². The molecule has 0 atom stereocenters. The van der Waals surface area contributed by atoms with E-state index in [2.05, 4.69) is 20.5 Å². The Hall–Kier alpha value is -3.53. The minimum atomic E-state index is -0.392. The van der Waals surface area contributed by atoms with Crippen molar-refractivity contribution in [3.05, 3.63) is 59.1 Å². The molecule has 0 aliphatic rings. The molecule has 10 heteroatoms. The maximum Gasteiger partial charge on any atom is 0.267 e. The summed E-state index contributed by atoms with van der Waals surface area (Å²) in [5.41, 5.74) is 0.386. The number of hydrogen-bond acceptors (Lipinski definition) is 7. The molecule has 1 amide bonds. The van der Waals surface area contributed by atoms with E-state index in [1.54, 1.807) is 24.5 Å². The minimum absolute atomic E-state index is 0.228. The number of rotatable bonds is 6. The highest BCUT2D eigenvalue weighted by molar-refractivity contribution is 7.22. The Bertz CT molecular complexity index is 1180. The number of fused-ring (bicyclic) bond motifs is 1. The standard InChI is InChI=1S/C18H16N6O3S/c1-2-27-12-4-5-13-14(10-12)28-18(20-13)21-16(25)11-24-17(26)7-6-15(22-24)23-9-3-8-19-23/h3-10H,2,11H2,1H3,(H,20,21,25). The molecular formula is C18H16N6O3S. The van der Waals surface area contributed by atoms with Crippen molar-refractivity contribution < 1.29 is 9.53 Å². The maximum absolute atomic E-state index is 12.4. The Morgan fingerprint density at radius 3 is 2.96 bits per heavy atom. The highest BCUT2D eigenvalue weighted by Gasteiger charge is 2.11. The van der Waals surface area contributed by atoms with Crippen LogP contribution in [0.25, 0.3) is 16.0 Å². The van der Waals surface area contributed by atoms with E-state index < -0.39 is 5.91 Å². The molecule has 0 aliphatic carbocycles. The van der Waals surface area contributed by atoms with Crippen molar-refractivity contribution >= 4 is 32.6 Å². The van der Waals surface area contributed by atoms with Crippen LogP contribution in [0.5, 0.6) is 5.75 Å². The summed E-state index contributed by atoms with van der Waals surface area (Å²) in [5.74, 6) is 0.805. The van der Waals surface area contributed by atoms with Crippen molar-refractivity contribution in [1.82, 2.24) is 24.5 Å². The molecule has 0 radical (unpaired) electrons. The van der Waals surface area contributed by atoms with Gasteiger partial charge in [0.15, 0.2) is 10.9 Å². The zero-order chi connectivity index (χ0) is 19.5. The number of nitrogens with zero attached hydrogens (tertiary/aromatic N) is 5. The monoisotopic (exact) mass is 396 g/mol. The van der Waals surface area contributed by atoms with Gasteiger partial charge in [-0.1, -0.05) is 11.3 Å². The molecule has 0 aliphatic heterocycles. The van der Waals surface area contributed by atoms with Gasteiger partial charge in [0.2, 0.25) is 5.91 Å². The smallest absolute Gasteiger partial charge is 0.267 e. The lowest BCUT2D eigenvalue weighted by Gasteiger charge is -2.06. The number of carbonyl (C=O) groups excluding carboxylic acids is 1. The van der Waals surface area contributed by atoms with Crippen molar-refractivity contribution in [2.24, 2.45) is 0 Å². The van der Waals surface area contributed by atoms with Crippen LogP contribution in [0, 0.1) is 0 Å². The number of nitrogens with one attached hydrogen (secondary N) is 1. The third-order valence-corrected chi connectivity index (χ3v) is 4.74. The van der Waals surface area contributed by atoms with Gasteiger partial charge in [-0.2, -0.15) is 5.10 Å². The van der Waals surface area contributed by atoms with Crippen LogP contribution < -0.4 is 15.6 Å². The predicted molar refractivity (Wildman–Crippen MR) is 105 cm³/mol. The second-order valence-electron chi connectivity index (χ2n) is 5.77. The summed E-state index contributed by atoms with van der Waals surface area (Å²) in [7, 11) is 0. The van der Waals surface area contributed by atoms with E-state index in [-0.39, 0.29) is 12.1 Å². The summed E-state index contributed by atoms with van der Waals surface area (Å²) in [5, 5.41) is 11.4. The normalized spacial score (nSPS) is 10.9. The first-order chi connectivity index (χ1) is 13.6. The van der Waals surface area contributed by atoms with Gasteiger partial charge in [-0.25, -0.2) is 14.3 Å². The van der Waals surface area contributed by atoms with Crippen LogP contribution in [-0.4, -0.2) is 37.1 Å². The summed E-state index contributed by atoms with van der Waals surface area (Å²) >= 11 is 1.34. The number of aromatic nitrogens is 5. The molecule has 4 aromatic rings. The molecule has 1 N–H and O–H groups in total. The van der Waals surface area contributed by atoms with Gasteiger partial charge in [-0.3, -0.25) is 9.59 Å². The van der Waals surface area contributed by atoms with E-state index in [0.29, 0.717) is 17.6 Å². The van der Waals surface area contributed by atoms with Crippen LogP contribution in [0.3, 0.4) is 0 Å². The molecule has 142 valence electrons. The van der Waals surface area contributed by atoms with Gasteiger partial charge >= 0.3 is 0 Å². The van der Waals surface area contributed by atoms with Crippen molar-refractivity contribution in [1.29, 1.82) is 0 Å². The summed E-state index contributed by atoms with van der Waals surface area (Å²) in [6.07, 6.45) is 3.31. The van der Waals surface area contributed by atoms with Gasteiger partial charge in [0.05, 0.1) is 16.8 Å². The largest absolute Gasteiger partial charge is 0.494 e. The van der Waals surface area contributed by atoms with E-state index >= 15 is 0 Å². The summed E-state index contributed by atoms with van der Waals surface area (Å²) in [6.45, 7) is 2.27. The molecule has 4 rings (SSSR count). The summed E-state index contributed by atoms with van der Waals surface area (Å²) in [6, 6.07) is 10.2. The zero-order valence-corrected chi connectivity index (χ0v) is 15.7. The fourth-order valence-electron chi connectivity index (χ4n) is 2.59. The van der Waals surface area contributed by atoms with Crippen LogP contribution in [0.1, 0.15) is 6.92 Å². The van der Waals surface area contributed by atoms with Crippen LogP contribution in [0.4, 0.5) is 5.13 Å². The van der Waals surface area contributed by atoms with Crippen LogP contribution in [0.15, 0.2) is 53.6 Å². The molecule has 3 heterocycles. The average Bonchev–Trinajstić information content (AvgIpc) is 3.33. The van der Waals surface area contributed by atoms with Crippen LogP contribution >= 0.6 is 11.3 Å². The van der Waals surface area contributed by atoms with Gasteiger partial charge in [0.1, 0.15) is 12.3 Å². The molecule has 9 nitrogen and oxygen atoms in total. The number of benzene rings is 1. The average molecular weight is 396 g/mol. The molecule has 0 saturated carbocycles. The number of carbonyl (C=O) groups is 1. The van der Waals surface area contributed by atoms with Crippen LogP contribution in [0.2, 0.25) is 0 Å². The fourth-order valence-corrected chi connectivity index (χ4v) is 3.50. The van der Waals surface area contributed by atoms with E-state index in [1.165, 1.54) is 22.1 Å². The molecule has 28 heavy (non-hydrogen) atoms. The Kier molecular flexibility index (Phi) is 4.85. The summed E-state index contributed by atoms with van der Waals surface area (Å²) < 4.78 is 8.98. The first kappa shape index (κ1) is 17.9. The number of amides is 1. The van der Waals surface area contributed by atoms with Crippen LogP contribution in [-0.2, 0) is 11.3 Å². The number of hydrogen-bond donors (Lipinski definition) is 1. The molecule has 1 aromatic carbocycles. The second-order valence-corrected chi connectivity index (χ2v) is 6.80. The van der Waals surface area contributed by atoms with Crippen molar-refractivity contribution in [2.75, 3.05) is 11.9 Å². The van der Waals surface area contributed by atoms with E-state index in [4.69, 9.17) is 4.74 Å². The van der Waals surface area contributed by atoms with E-state index in [1.807, 2.05) is 25.1 Å². The van der Waals surface area contributed by atoms with E-state index in [9.17, 15) is 9.59 Å².